The lowest BCUT2D eigenvalue weighted by atomic mass is 10.1. The van der Waals surface area contributed by atoms with Crippen molar-refractivity contribution in [1.29, 1.82) is 0 Å². The van der Waals surface area contributed by atoms with E-state index >= 15 is 0 Å². The SMILES string of the molecule is Nc1nc(-n2cccn2)nc(-n2cccn2)c1CCN1CCCCC1. The molecule has 8 heteroatoms. The number of nitrogens with zero attached hydrogens (tertiary/aromatic N) is 7. The second-order valence-corrected chi connectivity index (χ2v) is 6.26. The highest BCUT2D eigenvalue weighted by molar-refractivity contribution is 5.51. The molecule has 0 aromatic carbocycles. The zero-order valence-corrected chi connectivity index (χ0v) is 14.1. The van der Waals surface area contributed by atoms with E-state index in [4.69, 9.17) is 5.73 Å². The van der Waals surface area contributed by atoms with Crippen LogP contribution < -0.4 is 5.73 Å². The third-order valence-electron chi connectivity index (χ3n) is 4.56. The monoisotopic (exact) mass is 338 g/mol. The van der Waals surface area contributed by atoms with Crippen LogP contribution in [0.3, 0.4) is 0 Å². The van der Waals surface area contributed by atoms with E-state index in [2.05, 4.69) is 25.1 Å². The van der Waals surface area contributed by atoms with Crippen molar-refractivity contribution in [3.05, 3.63) is 42.5 Å². The molecule has 0 atom stereocenters. The molecule has 0 radical (unpaired) electrons. The minimum absolute atomic E-state index is 0.453. The first-order chi connectivity index (χ1) is 12.3. The molecule has 3 aromatic rings. The number of aromatic nitrogens is 6. The zero-order chi connectivity index (χ0) is 17.1. The van der Waals surface area contributed by atoms with Crippen LogP contribution in [0.2, 0.25) is 0 Å². The molecule has 1 saturated heterocycles. The summed E-state index contributed by atoms with van der Waals surface area (Å²) in [5, 5.41) is 8.53. The lowest BCUT2D eigenvalue weighted by Crippen LogP contribution is -2.32. The van der Waals surface area contributed by atoms with Crippen LogP contribution in [0.5, 0.6) is 0 Å². The fraction of sp³-hybridized carbons (Fsp3) is 0.412. The van der Waals surface area contributed by atoms with Crippen molar-refractivity contribution in [2.75, 3.05) is 25.4 Å². The van der Waals surface area contributed by atoms with Crippen LogP contribution in [-0.4, -0.2) is 54.1 Å². The lowest BCUT2D eigenvalue weighted by molar-refractivity contribution is 0.231. The van der Waals surface area contributed by atoms with Crippen LogP contribution in [0.25, 0.3) is 11.8 Å². The molecule has 0 amide bonds. The van der Waals surface area contributed by atoms with Crippen LogP contribution in [0.4, 0.5) is 5.82 Å². The van der Waals surface area contributed by atoms with Crippen molar-refractivity contribution < 1.29 is 0 Å². The van der Waals surface area contributed by atoms with Gasteiger partial charge in [0.25, 0.3) is 5.95 Å². The molecule has 1 aliphatic heterocycles. The quantitative estimate of drug-likeness (QED) is 0.757. The molecule has 8 nitrogen and oxygen atoms in total. The first kappa shape index (κ1) is 15.8. The maximum atomic E-state index is 6.30. The Bertz CT molecular complexity index is 804. The highest BCUT2D eigenvalue weighted by atomic mass is 15.4. The summed E-state index contributed by atoms with van der Waals surface area (Å²) in [6.07, 6.45) is 11.8. The molecular formula is C17H22N8. The number of hydrogen-bond donors (Lipinski definition) is 1. The van der Waals surface area contributed by atoms with Crippen molar-refractivity contribution >= 4 is 5.82 Å². The van der Waals surface area contributed by atoms with Gasteiger partial charge in [0.1, 0.15) is 5.82 Å². The molecule has 0 saturated carbocycles. The molecule has 4 rings (SSSR count). The van der Waals surface area contributed by atoms with Crippen LogP contribution in [0.1, 0.15) is 24.8 Å². The Morgan fingerprint density at radius 2 is 1.64 bits per heavy atom. The van der Waals surface area contributed by atoms with E-state index in [1.807, 2.05) is 18.3 Å². The molecule has 1 fully saturated rings. The summed E-state index contributed by atoms with van der Waals surface area (Å²) in [7, 11) is 0. The van der Waals surface area contributed by atoms with E-state index in [0.717, 1.165) is 37.4 Å². The summed E-state index contributed by atoms with van der Waals surface area (Å²) in [6, 6.07) is 3.71. The van der Waals surface area contributed by atoms with Gasteiger partial charge in [-0.05, 0) is 44.5 Å². The van der Waals surface area contributed by atoms with Crippen molar-refractivity contribution in [3.63, 3.8) is 0 Å². The maximum absolute atomic E-state index is 6.30. The molecule has 130 valence electrons. The summed E-state index contributed by atoms with van der Waals surface area (Å²) in [5.41, 5.74) is 7.23. The van der Waals surface area contributed by atoms with Gasteiger partial charge in [-0.15, -0.1) is 0 Å². The average Bonchev–Trinajstić information content (AvgIpc) is 3.35. The average molecular weight is 338 g/mol. The first-order valence-corrected chi connectivity index (χ1v) is 8.70. The number of anilines is 1. The first-order valence-electron chi connectivity index (χ1n) is 8.70. The molecule has 0 bridgehead atoms. The normalized spacial score (nSPS) is 15.5. The summed E-state index contributed by atoms with van der Waals surface area (Å²) >= 11 is 0. The maximum Gasteiger partial charge on any atom is 0.254 e. The number of piperidine rings is 1. The van der Waals surface area contributed by atoms with E-state index in [-0.39, 0.29) is 0 Å². The highest BCUT2D eigenvalue weighted by Gasteiger charge is 2.18. The Labute approximate surface area is 146 Å². The van der Waals surface area contributed by atoms with Crippen LogP contribution in [-0.2, 0) is 6.42 Å². The second kappa shape index (κ2) is 7.02. The fourth-order valence-corrected chi connectivity index (χ4v) is 3.24. The molecule has 0 spiro atoms. The largest absolute Gasteiger partial charge is 0.383 e. The van der Waals surface area contributed by atoms with E-state index in [0.29, 0.717) is 11.8 Å². The minimum atomic E-state index is 0.453. The third kappa shape index (κ3) is 3.39. The fourth-order valence-electron chi connectivity index (χ4n) is 3.24. The Hall–Kier alpha value is -2.74. The van der Waals surface area contributed by atoms with Gasteiger partial charge in [-0.2, -0.15) is 20.2 Å². The molecule has 25 heavy (non-hydrogen) atoms. The third-order valence-corrected chi connectivity index (χ3v) is 4.56. The van der Waals surface area contributed by atoms with Gasteiger partial charge in [0.15, 0.2) is 5.82 Å². The van der Waals surface area contributed by atoms with Gasteiger partial charge in [0, 0.05) is 36.9 Å². The van der Waals surface area contributed by atoms with Gasteiger partial charge in [0.2, 0.25) is 0 Å². The minimum Gasteiger partial charge on any atom is -0.383 e. The predicted molar refractivity (Wildman–Crippen MR) is 94.7 cm³/mol. The van der Waals surface area contributed by atoms with Gasteiger partial charge in [0.05, 0.1) is 0 Å². The topological polar surface area (TPSA) is 90.7 Å². The van der Waals surface area contributed by atoms with Gasteiger partial charge >= 0.3 is 0 Å². The number of hydrogen-bond acceptors (Lipinski definition) is 6. The van der Waals surface area contributed by atoms with Crippen molar-refractivity contribution in [2.24, 2.45) is 0 Å². The Morgan fingerprint density at radius 3 is 2.32 bits per heavy atom. The molecule has 3 aromatic heterocycles. The van der Waals surface area contributed by atoms with Gasteiger partial charge in [-0.3, -0.25) is 0 Å². The second-order valence-electron chi connectivity index (χ2n) is 6.26. The van der Waals surface area contributed by atoms with Crippen LogP contribution >= 0.6 is 0 Å². The van der Waals surface area contributed by atoms with E-state index in [1.165, 1.54) is 19.3 Å². The Kier molecular flexibility index (Phi) is 4.43. The summed E-state index contributed by atoms with van der Waals surface area (Å²) in [5.74, 6) is 1.66. The van der Waals surface area contributed by atoms with Crippen molar-refractivity contribution in [3.8, 4) is 11.8 Å². The summed E-state index contributed by atoms with van der Waals surface area (Å²) in [6.45, 7) is 3.27. The number of nitrogen functional groups attached to an aromatic ring is 1. The van der Waals surface area contributed by atoms with Crippen molar-refractivity contribution in [2.45, 2.75) is 25.7 Å². The molecular weight excluding hydrogens is 316 g/mol. The predicted octanol–water partition coefficient (Wildman–Crippen LogP) is 1.46. The Balaban J connectivity index is 1.67. The van der Waals surface area contributed by atoms with Crippen molar-refractivity contribution in [1.82, 2.24) is 34.4 Å². The van der Waals surface area contributed by atoms with Gasteiger partial charge < -0.3 is 10.6 Å². The summed E-state index contributed by atoms with van der Waals surface area (Å²) < 4.78 is 3.36. The van der Waals surface area contributed by atoms with E-state index in [1.54, 1.807) is 28.0 Å². The number of nitrogens with two attached hydrogens (primary N) is 1. The highest BCUT2D eigenvalue weighted by Crippen LogP contribution is 2.20. The molecule has 0 unspecified atom stereocenters. The molecule has 4 heterocycles. The van der Waals surface area contributed by atoms with Gasteiger partial charge in [-0.25, -0.2) is 9.36 Å². The number of likely N-dealkylation sites (tertiary alicyclic amines) is 1. The molecule has 1 aliphatic rings. The molecule has 2 N–H and O–H groups in total. The standard InChI is InChI=1S/C17H22N8/c18-15-14(6-13-23-9-2-1-3-10-23)16(24-11-4-7-19-24)22-17(21-15)25-12-5-8-20-25/h4-5,7-8,11-12H,1-3,6,9-10,13H2,(H2,18,21,22). The Morgan fingerprint density at radius 1 is 0.920 bits per heavy atom. The molecule has 0 aliphatic carbocycles. The van der Waals surface area contributed by atoms with Crippen LogP contribution in [0, 0.1) is 0 Å². The van der Waals surface area contributed by atoms with E-state index < -0.39 is 0 Å². The van der Waals surface area contributed by atoms with Gasteiger partial charge in [-0.1, -0.05) is 6.42 Å². The number of rotatable bonds is 5. The summed E-state index contributed by atoms with van der Waals surface area (Å²) in [4.78, 5) is 11.6. The zero-order valence-electron chi connectivity index (χ0n) is 14.1. The van der Waals surface area contributed by atoms with Crippen LogP contribution in [0.15, 0.2) is 36.9 Å². The van der Waals surface area contributed by atoms with E-state index in [9.17, 15) is 0 Å². The lowest BCUT2D eigenvalue weighted by Gasteiger charge is -2.26. The smallest absolute Gasteiger partial charge is 0.254 e.